The molecule has 2 rings (SSSR count). The quantitative estimate of drug-likeness (QED) is 0.117. The van der Waals surface area contributed by atoms with Crippen LogP contribution >= 0.6 is 0 Å². The topological polar surface area (TPSA) is 192 Å². The molecule has 0 aliphatic carbocycles. The molecule has 0 unspecified atom stereocenters. The average Bonchev–Trinajstić information content (AvgIpc) is 3.04. The van der Waals surface area contributed by atoms with Crippen molar-refractivity contribution in [3.63, 3.8) is 0 Å². The van der Waals surface area contributed by atoms with Gasteiger partial charge in [-0.1, -0.05) is 12.1 Å². The van der Waals surface area contributed by atoms with E-state index in [1.807, 2.05) is 0 Å². The summed E-state index contributed by atoms with van der Waals surface area (Å²) in [6.45, 7) is 7.12. The van der Waals surface area contributed by atoms with Crippen LogP contribution in [0.15, 0.2) is 30.6 Å². The highest BCUT2D eigenvalue weighted by Crippen LogP contribution is 2.13. The van der Waals surface area contributed by atoms with Crippen molar-refractivity contribution in [2.24, 2.45) is 0 Å². The molecule has 246 valence electrons. The number of carboxylic acids is 1. The number of carboxylic acid groups (broad SMARTS) is 1. The molecular formula is C28H43N5O11. The van der Waals surface area contributed by atoms with Gasteiger partial charge < -0.3 is 48.3 Å². The van der Waals surface area contributed by atoms with E-state index in [0.29, 0.717) is 117 Å². The van der Waals surface area contributed by atoms with Crippen LogP contribution in [0.2, 0.25) is 0 Å². The molecule has 44 heavy (non-hydrogen) atoms. The Kier molecular flexibility index (Phi) is 22.0. The first kappa shape index (κ1) is 37.0. The number of nitrogens with zero attached hydrogens (tertiary/aromatic N) is 4. The van der Waals surface area contributed by atoms with Crippen LogP contribution in [0, 0.1) is 0 Å². The van der Waals surface area contributed by atoms with Crippen molar-refractivity contribution in [3.05, 3.63) is 36.2 Å². The maximum absolute atomic E-state index is 12.2. The minimum atomic E-state index is -0.880. The number of benzene rings is 1. The fourth-order valence-corrected chi connectivity index (χ4v) is 3.23. The summed E-state index contributed by atoms with van der Waals surface area (Å²) in [6.07, 6.45) is 1.25. The van der Waals surface area contributed by atoms with Crippen molar-refractivity contribution < 1.29 is 52.6 Å². The fraction of sp³-hybridized carbons (Fsp3) is 0.643. The molecular weight excluding hydrogens is 582 g/mol. The SMILES string of the molecule is O=C(O)CCOCCOCCOCCOCCOCCOCCOCCOCCNC(=O)c1ccc(-c2nncnn2)cc1. The van der Waals surface area contributed by atoms with Crippen LogP contribution < -0.4 is 5.32 Å². The number of ether oxygens (including phenoxy) is 8. The first-order chi connectivity index (χ1) is 21.7. The van der Waals surface area contributed by atoms with Crippen LogP contribution in [0.5, 0.6) is 0 Å². The third-order valence-electron chi connectivity index (χ3n) is 5.41. The number of carbonyl (C=O) groups is 2. The molecule has 0 radical (unpaired) electrons. The van der Waals surface area contributed by atoms with Gasteiger partial charge in [0.15, 0.2) is 6.33 Å². The second-order valence-electron chi connectivity index (χ2n) is 8.75. The highest BCUT2D eigenvalue weighted by Gasteiger charge is 2.07. The van der Waals surface area contributed by atoms with E-state index in [1.165, 1.54) is 6.33 Å². The molecule has 2 aromatic rings. The minimum absolute atomic E-state index is 0.00842. The smallest absolute Gasteiger partial charge is 0.305 e. The lowest BCUT2D eigenvalue weighted by molar-refractivity contribution is -0.138. The summed E-state index contributed by atoms with van der Waals surface area (Å²) in [5, 5.41) is 26.4. The van der Waals surface area contributed by atoms with E-state index in [9.17, 15) is 9.59 Å². The van der Waals surface area contributed by atoms with Crippen LogP contribution in [0.4, 0.5) is 0 Å². The molecule has 1 aromatic heterocycles. The molecule has 0 saturated carbocycles. The van der Waals surface area contributed by atoms with Crippen LogP contribution in [-0.4, -0.2) is 150 Å². The highest BCUT2D eigenvalue weighted by molar-refractivity contribution is 5.94. The summed E-state index contributed by atoms with van der Waals surface area (Å²) in [5.41, 5.74) is 1.24. The molecule has 16 heteroatoms. The lowest BCUT2D eigenvalue weighted by Crippen LogP contribution is -2.27. The van der Waals surface area contributed by atoms with Crippen molar-refractivity contribution in [2.45, 2.75) is 6.42 Å². The summed E-state index contributed by atoms with van der Waals surface area (Å²) in [5.74, 6) is -0.685. The number of aromatic nitrogens is 4. The number of hydrogen-bond donors (Lipinski definition) is 2. The number of hydrogen-bond acceptors (Lipinski definition) is 14. The standard InChI is InChI=1S/C28H43N5O11/c34-26(35)5-7-37-9-11-39-13-15-41-17-19-43-21-22-44-20-18-42-16-14-40-12-10-38-8-6-29-28(36)25-3-1-24(2-4-25)27-32-30-23-31-33-27/h1-4,23H,5-22H2,(H,29,36)(H,34,35). The molecule has 0 atom stereocenters. The molecule has 1 amide bonds. The van der Waals surface area contributed by atoms with Crippen LogP contribution in [0.1, 0.15) is 16.8 Å². The van der Waals surface area contributed by atoms with Crippen LogP contribution in [0.25, 0.3) is 11.4 Å². The third kappa shape index (κ3) is 19.9. The zero-order valence-corrected chi connectivity index (χ0v) is 24.9. The van der Waals surface area contributed by atoms with Crippen LogP contribution in [-0.2, 0) is 42.7 Å². The Morgan fingerprint density at radius 3 is 1.36 bits per heavy atom. The fourth-order valence-electron chi connectivity index (χ4n) is 3.23. The second-order valence-corrected chi connectivity index (χ2v) is 8.75. The maximum atomic E-state index is 12.2. The summed E-state index contributed by atoms with van der Waals surface area (Å²) < 4.78 is 43.0. The zero-order chi connectivity index (χ0) is 31.3. The summed E-state index contributed by atoms with van der Waals surface area (Å²) in [6, 6.07) is 6.86. The normalized spacial score (nSPS) is 11.1. The van der Waals surface area contributed by atoms with Crippen molar-refractivity contribution in [1.29, 1.82) is 0 Å². The van der Waals surface area contributed by atoms with Gasteiger partial charge in [-0.15, -0.1) is 20.4 Å². The second kappa shape index (κ2) is 26.2. The number of nitrogens with one attached hydrogen (secondary N) is 1. The van der Waals surface area contributed by atoms with Gasteiger partial charge in [0, 0.05) is 17.7 Å². The Labute approximate surface area is 256 Å². The van der Waals surface area contributed by atoms with E-state index in [0.717, 1.165) is 5.56 Å². The molecule has 0 fully saturated rings. The molecule has 16 nitrogen and oxygen atoms in total. The molecule has 0 saturated heterocycles. The Balaban J connectivity index is 1.24. The van der Waals surface area contributed by atoms with Gasteiger partial charge in [-0.05, 0) is 12.1 Å². The molecule has 1 heterocycles. The number of aliphatic carboxylic acids is 1. The minimum Gasteiger partial charge on any atom is -0.481 e. The predicted molar refractivity (Wildman–Crippen MR) is 154 cm³/mol. The molecule has 0 bridgehead atoms. The molecule has 2 N–H and O–H groups in total. The number of carbonyl (C=O) groups excluding carboxylic acids is 1. The van der Waals surface area contributed by atoms with E-state index in [4.69, 9.17) is 43.0 Å². The van der Waals surface area contributed by atoms with Gasteiger partial charge in [0.05, 0.1) is 112 Å². The summed E-state index contributed by atoms with van der Waals surface area (Å²) in [4.78, 5) is 22.6. The number of amides is 1. The van der Waals surface area contributed by atoms with E-state index in [2.05, 4.69) is 25.7 Å². The first-order valence-corrected chi connectivity index (χ1v) is 14.4. The van der Waals surface area contributed by atoms with E-state index >= 15 is 0 Å². The zero-order valence-electron chi connectivity index (χ0n) is 24.9. The molecule has 1 aromatic carbocycles. The predicted octanol–water partition coefficient (Wildman–Crippen LogP) is 0.271. The van der Waals surface area contributed by atoms with Gasteiger partial charge in [-0.2, -0.15) is 0 Å². The van der Waals surface area contributed by atoms with Crippen LogP contribution in [0.3, 0.4) is 0 Å². The Morgan fingerprint density at radius 1 is 0.568 bits per heavy atom. The van der Waals surface area contributed by atoms with Crippen molar-refractivity contribution >= 4 is 11.9 Å². The Bertz CT molecular complexity index is 990. The monoisotopic (exact) mass is 625 g/mol. The Morgan fingerprint density at radius 2 is 0.955 bits per heavy atom. The van der Waals surface area contributed by atoms with Gasteiger partial charge in [0.25, 0.3) is 5.91 Å². The summed E-state index contributed by atoms with van der Waals surface area (Å²) >= 11 is 0. The molecule has 0 spiro atoms. The molecule has 0 aliphatic rings. The van der Waals surface area contributed by atoms with E-state index < -0.39 is 5.97 Å². The summed E-state index contributed by atoms with van der Waals surface area (Å²) in [7, 11) is 0. The van der Waals surface area contributed by atoms with E-state index in [-0.39, 0.29) is 18.9 Å². The lowest BCUT2D eigenvalue weighted by atomic mass is 10.1. The third-order valence-corrected chi connectivity index (χ3v) is 5.41. The van der Waals surface area contributed by atoms with Crippen molar-refractivity contribution in [2.75, 3.05) is 112 Å². The largest absolute Gasteiger partial charge is 0.481 e. The first-order valence-electron chi connectivity index (χ1n) is 14.4. The van der Waals surface area contributed by atoms with Gasteiger partial charge >= 0.3 is 5.97 Å². The maximum Gasteiger partial charge on any atom is 0.305 e. The number of rotatable bonds is 29. The van der Waals surface area contributed by atoms with Gasteiger partial charge in [-0.25, -0.2) is 0 Å². The van der Waals surface area contributed by atoms with Gasteiger partial charge in [0.1, 0.15) is 0 Å². The van der Waals surface area contributed by atoms with Crippen molar-refractivity contribution in [3.8, 4) is 11.4 Å². The van der Waals surface area contributed by atoms with Gasteiger partial charge in [0.2, 0.25) is 5.82 Å². The molecule has 0 aliphatic heterocycles. The average molecular weight is 626 g/mol. The van der Waals surface area contributed by atoms with Gasteiger partial charge in [-0.3, -0.25) is 9.59 Å². The highest BCUT2D eigenvalue weighted by atomic mass is 16.6. The lowest BCUT2D eigenvalue weighted by Gasteiger charge is -2.09. The van der Waals surface area contributed by atoms with E-state index in [1.54, 1.807) is 24.3 Å². The Hall–Kier alpha value is -3.22. The van der Waals surface area contributed by atoms with Crippen molar-refractivity contribution in [1.82, 2.24) is 25.7 Å².